The van der Waals surface area contributed by atoms with Gasteiger partial charge in [0.15, 0.2) is 16.7 Å². The molecule has 0 saturated heterocycles. The van der Waals surface area contributed by atoms with E-state index in [1.54, 1.807) is 24.3 Å². The fraction of sp³-hybridized carbons (Fsp3) is 0.364. The Bertz CT molecular complexity index is 1010. The number of halogens is 2. The average molecular weight is 510 g/mol. The van der Waals surface area contributed by atoms with Crippen LogP contribution < -0.4 is 0 Å². The molecule has 0 atom stereocenters. The SMILES string of the molecule is CC.CCn1c(CCC(=O)c2ccco2)nnc1SCC(=O)Cc1ccc(Br)cc1F. The predicted octanol–water partition coefficient (Wildman–Crippen LogP) is 5.54. The van der Waals surface area contributed by atoms with Crippen molar-refractivity contribution in [3.8, 4) is 0 Å². The minimum atomic E-state index is -0.405. The van der Waals surface area contributed by atoms with Crippen LogP contribution in [0, 0.1) is 5.82 Å². The Balaban J connectivity index is 0.00000166. The standard InChI is InChI=1S/C20H19BrFN3O3S.C2H6/c1-2-25-19(8-7-17(27)18-4-3-9-28-18)23-24-20(25)29-12-15(26)10-13-5-6-14(21)11-16(13)22;1-2/h3-6,9,11H,2,7-8,10,12H2,1H3;1-2H3. The molecule has 0 saturated carbocycles. The fourth-order valence-corrected chi connectivity index (χ4v) is 4.00. The van der Waals surface area contributed by atoms with E-state index in [-0.39, 0.29) is 30.2 Å². The molecule has 3 rings (SSSR count). The normalized spacial score (nSPS) is 10.5. The van der Waals surface area contributed by atoms with Gasteiger partial charge in [0.2, 0.25) is 0 Å². The largest absolute Gasteiger partial charge is 0.461 e. The van der Waals surface area contributed by atoms with Crippen LogP contribution in [-0.4, -0.2) is 32.1 Å². The highest BCUT2D eigenvalue weighted by Gasteiger charge is 2.16. The van der Waals surface area contributed by atoms with Gasteiger partial charge in [0, 0.05) is 30.3 Å². The van der Waals surface area contributed by atoms with Crippen molar-refractivity contribution in [1.29, 1.82) is 0 Å². The van der Waals surface area contributed by atoms with E-state index >= 15 is 0 Å². The van der Waals surface area contributed by atoms with Crippen LogP contribution in [0.3, 0.4) is 0 Å². The van der Waals surface area contributed by atoms with Gasteiger partial charge < -0.3 is 8.98 Å². The number of benzene rings is 1. The van der Waals surface area contributed by atoms with Gasteiger partial charge in [-0.2, -0.15) is 0 Å². The third-order valence-corrected chi connectivity index (χ3v) is 5.77. The number of furan rings is 1. The fourth-order valence-electron chi connectivity index (χ4n) is 2.79. The molecule has 0 fully saturated rings. The Morgan fingerprint density at radius 2 is 2.00 bits per heavy atom. The predicted molar refractivity (Wildman–Crippen MR) is 122 cm³/mol. The highest BCUT2D eigenvalue weighted by Crippen LogP contribution is 2.20. The van der Waals surface area contributed by atoms with E-state index in [1.165, 1.54) is 24.1 Å². The van der Waals surface area contributed by atoms with Gasteiger partial charge in [-0.3, -0.25) is 9.59 Å². The van der Waals surface area contributed by atoms with E-state index in [4.69, 9.17) is 4.42 Å². The zero-order valence-corrected chi connectivity index (χ0v) is 20.1. The molecule has 166 valence electrons. The van der Waals surface area contributed by atoms with Gasteiger partial charge in [-0.15, -0.1) is 10.2 Å². The number of aryl methyl sites for hydroxylation is 1. The van der Waals surface area contributed by atoms with Crippen LogP contribution in [0.25, 0.3) is 0 Å². The van der Waals surface area contributed by atoms with Crippen LogP contribution in [0.1, 0.15) is 49.1 Å². The van der Waals surface area contributed by atoms with Crippen molar-refractivity contribution < 1.29 is 18.4 Å². The molecule has 0 amide bonds. The summed E-state index contributed by atoms with van der Waals surface area (Å²) in [6, 6.07) is 7.97. The van der Waals surface area contributed by atoms with Crippen molar-refractivity contribution in [3.05, 3.63) is 64.0 Å². The molecule has 31 heavy (non-hydrogen) atoms. The molecule has 0 spiro atoms. The van der Waals surface area contributed by atoms with E-state index in [1.807, 2.05) is 25.3 Å². The summed E-state index contributed by atoms with van der Waals surface area (Å²) in [5.41, 5.74) is 0.368. The maximum atomic E-state index is 13.9. The average Bonchev–Trinajstić information content (AvgIpc) is 3.44. The minimum absolute atomic E-state index is 0.0247. The first kappa shape index (κ1) is 25.0. The molecule has 9 heteroatoms. The molecule has 0 unspecified atom stereocenters. The van der Waals surface area contributed by atoms with Crippen LogP contribution in [0.2, 0.25) is 0 Å². The minimum Gasteiger partial charge on any atom is -0.461 e. The molecule has 6 nitrogen and oxygen atoms in total. The van der Waals surface area contributed by atoms with E-state index in [0.29, 0.717) is 39.7 Å². The molecular formula is C22H25BrFN3O3S. The number of nitrogens with zero attached hydrogens (tertiary/aromatic N) is 3. The quantitative estimate of drug-likeness (QED) is 0.263. The Hall–Kier alpha value is -2.26. The second-order valence-corrected chi connectivity index (χ2v) is 8.14. The van der Waals surface area contributed by atoms with Gasteiger partial charge in [0.1, 0.15) is 17.4 Å². The maximum absolute atomic E-state index is 13.9. The summed E-state index contributed by atoms with van der Waals surface area (Å²) in [5, 5.41) is 8.91. The van der Waals surface area contributed by atoms with Gasteiger partial charge in [0.25, 0.3) is 0 Å². The number of thioether (sulfide) groups is 1. The monoisotopic (exact) mass is 509 g/mol. The Labute approximate surface area is 193 Å². The number of rotatable bonds is 10. The molecule has 0 aliphatic rings. The van der Waals surface area contributed by atoms with Crippen molar-refractivity contribution in [2.24, 2.45) is 0 Å². The molecule has 0 N–H and O–H groups in total. The molecule has 0 aliphatic heterocycles. The second-order valence-electron chi connectivity index (χ2n) is 6.28. The number of Topliss-reactive ketones (excluding diaryl/α,β-unsaturated/α-hetero) is 2. The Kier molecular flexibility index (Phi) is 10.1. The number of carbonyl (C=O) groups excluding carboxylic acids is 2. The Morgan fingerprint density at radius 3 is 2.65 bits per heavy atom. The number of ketones is 2. The second kappa shape index (κ2) is 12.6. The molecule has 0 bridgehead atoms. The molecule has 2 heterocycles. The number of carbonyl (C=O) groups is 2. The van der Waals surface area contributed by atoms with Crippen molar-refractivity contribution in [3.63, 3.8) is 0 Å². The molecule has 0 aliphatic carbocycles. The van der Waals surface area contributed by atoms with E-state index in [2.05, 4.69) is 26.1 Å². The van der Waals surface area contributed by atoms with Gasteiger partial charge >= 0.3 is 0 Å². The van der Waals surface area contributed by atoms with Crippen LogP contribution in [0.5, 0.6) is 0 Å². The summed E-state index contributed by atoms with van der Waals surface area (Å²) in [4.78, 5) is 24.4. The molecular weight excluding hydrogens is 485 g/mol. The van der Waals surface area contributed by atoms with Crippen molar-refractivity contribution in [2.75, 3.05) is 5.75 Å². The first-order valence-electron chi connectivity index (χ1n) is 10.0. The van der Waals surface area contributed by atoms with Crippen molar-refractivity contribution >= 4 is 39.3 Å². The van der Waals surface area contributed by atoms with Crippen LogP contribution in [-0.2, 0) is 24.2 Å². The van der Waals surface area contributed by atoms with Crippen molar-refractivity contribution in [2.45, 2.75) is 51.7 Å². The third kappa shape index (κ3) is 7.14. The summed E-state index contributed by atoms with van der Waals surface area (Å²) in [6.45, 7) is 6.57. The highest BCUT2D eigenvalue weighted by molar-refractivity contribution is 9.10. The number of aromatic nitrogens is 3. The lowest BCUT2D eigenvalue weighted by Gasteiger charge is -2.07. The van der Waals surface area contributed by atoms with E-state index < -0.39 is 5.82 Å². The summed E-state index contributed by atoms with van der Waals surface area (Å²) in [6.07, 6.45) is 2.18. The van der Waals surface area contributed by atoms with Gasteiger partial charge in [-0.25, -0.2) is 4.39 Å². The molecule has 2 aromatic heterocycles. The Morgan fingerprint density at radius 1 is 1.23 bits per heavy atom. The molecule has 0 radical (unpaired) electrons. The van der Waals surface area contributed by atoms with Crippen LogP contribution in [0.15, 0.2) is 50.6 Å². The molecule has 1 aromatic carbocycles. The van der Waals surface area contributed by atoms with Gasteiger partial charge in [0.05, 0.1) is 12.0 Å². The van der Waals surface area contributed by atoms with E-state index in [9.17, 15) is 14.0 Å². The zero-order valence-electron chi connectivity index (χ0n) is 17.7. The van der Waals surface area contributed by atoms with E-state index in [0.717, 1.165) is 0 Å². The third-order valence-electron chi connectivity index (χ3n) is 4.25. The highest BCUT2D eigenvalue weighted by atomic mass is 79.9. The smallest absolute Gasteiger partial charge is 0.198 e. The lowest BCUT2D eigenvalue weighted by atomic mass is 10.1. The van der Waals surface area contributed by atoms with Crippen LogP contribution in [0.4, 0.5) is 4.39 Å². The topological polar surface area (TPSA) is 78.0 Å². The number of hydrogen-bond donors (Lipinski definition) is 0. The summed E-state index contributed by atoms with van der Waals surface area (Å²) < 4.78 is 21.5. The summed E-state index contributed by atoms with van der Waals surface area (Å²) in [5.74, 6) is 0.573. The lowest BCUT2D eigenvalue weighted by molar-refractivity contribution is -0.116. The van der Waals surface area contributed by atoms with Gasteiger partial charge in [-0.1, -0.05) is 47.6 Å². The summed E-state index contributed by atoms with van der Waals surface area (Å²) in [7, 11) is 0. The van der Waals surface area contributed by atoms with Gasteiger partial charge in [-0.05, 0) is 36.8 Å². The van der Waals surface area contributed by atoms with Crippen molar-refractivity contribution in [1.82, 2.24) is 14.8 Å². The van der Waals surface area contributed by atoms with Crippen LogP contribution >= 0.6 is 27.7 Å². The maximum Gasteiger partial charge on any atom is 0.198 e. The number of hydrogen-bond acceptors (Lipinski definition) is 6. The first-order chi connectivity index (χ1) is 15.0. The lowest BCUT2D eigenvalue weighted by Crippen LogP contribution is -2.10. The zero-order chi connectivity index (χ0) is 22.8. The molecule has 3 aromatic rings. The first-order valence-corrected chi connectivity index (χ1v) is 11.8. The summed E-state index contributed by atoms with van der Waals surface area (Å²) >= 11 is 4.47.